The highest BCUT2D eigenvalue weighted by Crippen LogP contribution is 2.25. The lowest BCUT2D eigenvalue weighted by Gasteiger charge is -2.21. The first-order valence-corrected chi connectivity index (χ1v) is 6.39. The van der Waals surface area contributed by atoms with Crippen LogP contribution in [-0.4, -0.2) is 55.4 Å². The van der Waals surface area contributed by atoms with Gasteiger partial charge in [-0.15, -0.1) is 0 Å². The second-order valence-electron chi connectivity index (χ2n) is 4.35. The molecule has 0 spiro atoms. The molecule has 0 amide bonds. The molecular formula is C13H21N3O4. The van der Waals surface area contributed by atoms with E-state index in [0.29, 0.717) is 31.9 Å². The van der Waals surface area contributed by atoms with Crippen LogP contribution in [0.4, 0.5) is 11.4 Å². The van der Waals surface area contributed by atoms with Crippen molar-refractivity contribution in [1.29, 1.82) is 0 Å². The molecule has 1 rings (SSSR count). The summed E-state index contributed by atoms with van der Waals surface area (Å²) in [6.07, 6.45) is 0. The summed E-state index contributed by atoms with van der Waals surface area (Å²) in [6.45, 7) is 2.48. The number of aliphatic hydroxyl groups is 1. The lowest BCUT2D eigenvalue weighted by molar-refractivity contribution is -0.384. The number of anilines is 1. The summed E-state index contributed by atoms with van der Waals surface area (Å²) in [5.74, 6) is 0. The fraction of sp³-hybridized carbons (Fsp3) is 0.538. The number of hydrogen-bond acceptors (Lipinski definition) is 6. The molecule has 1 aromatic rings. The second-order valence-corrected chi connectivity index (χ2v) is 4.35. The number of nitrogens with zero attached hydrogens (tertiary/aromatic N) is 2. The van der Waals surface area contributed by atoms with Crippen molar-refractivity contribution in [2.75, 3.05) is 45.8 Å². The Bertz CT molecular complexity index is 440. The van der Waals surface area contributed by atoms with Gasteiger partial charge in [0, 0.05) is 39.9 Å². The lowest BCUT2D eigenvalue weighted by atomic mass is 10.1. The van der Waals surface area contributed by atoms with Crippen LogP contribution in [0.1, 0.15) is 5.56 Å². The smallest absolute Gasteiger partial charge is 0.292 e. The number of nitro groups is 1. The van der Waals surface area contributed by atoms with E-state index in [4.69, 9.17) is 9.84 Å². The van der Waals surface area contributed by atoms with Crippen LogP contribution in [0.25, 0.3) is 0 Å². The third-order valence-corrected chi connectivity index (χ3v) is 2.96. The zero-order chi connectivity index (χ0) is 15.0. The number of methoxy groups -OCH3 is 1. The molecule has 112 valence electrons. The number of ether oxygens (including phenoxy) is 1. The monoisotopic (exact) mass is 283 g/mol. The Morgan fingerprint density at radius 2 is 2.20 bits per heavy atom. The summed E-state index contributed by atoms with van der Waals surface area (Å²) < 4.78 is 5.03. The molecule has 1 aromatic carbocycles. The zero-order valence-electron chi connectivity index (χ0n) is 11.8. The minimum absolute atomic E-state index is 0.0573. The molecule has 0 aliphatic heterocycles. The van der Waals surface area contributed by atoms with Crippen LogP contribution in [0.5, 0.6) is 0 Å². The molecule has 0 heterocycles. The summed E-state index contributed by atoms with van der Waals surface area (Å²) >= 11 is 0. The fourth-order valence-electron chi connectivity index (χ4n) is 1.93. The van der Waals surface area contributed by atoms with Crippen molar-refractivity contribution in [3.63, 3.8) is 0 Å². The molecule has 0 saturated heterocycles. The first kappa shape index (κ1) is 16.4. The number of hydrogen-bond donors (Lipinski definition) is 2. The predicted molar refractivity (Wildman–Crippen MR) is 76.9 cm³/mol. The SMILES string of the molecule is CNc1cc(CN(CCO)CCOC)ccc1[N+](=O)[O-]. The predicted octanol–water partition coefficient (Wildman–Crippen LogP) is 1.08. The van der Waals surface area contributed by atoms with Gasteiger partial charge in [0.05, 0.1) is 18.1 Å². The van der Waals surface area contributed by atoms with Crippen molar-refractivity contribution in [3.05, 3.63) is 33.9 Å². The molecule has 0 fully saturated rings. The molecule has 0 radical (unpaired) electrons. The zero-order valence-corrected chi connectivity index (χ0v) is 11.8. The molecule has 0 unspecified atom stereocenters. The van der Waals surface area contributed by atoms with Gasteiger partial charge in [0.1, 0.15) is 5.69 Å². The molecule has 7 nitrogen and oxygen atoms in total. The highest BCUT2D eigenvalue weighted by Gasteiger charge is 2.14. The number of rotatable bonds is 9. The summed E-state index contributed by atoms with van der Waals surface area (Å²) in [4.78, 5) is 12.5. The van der Waals surface area contributed by atoms with E-state index in [2.05, 4.69) is 5.32 Å². The molecular weight excluding hydrogens is 262 g/mol. The van der Waals surface area contributed by atoms with Gasteiger partial charge >= 0.3 is 0 Å². The minimum Gasteiger partial charge on any atom is -0.395 e. The largest absolute Gasteiger partial charge is 0.395 e. The summed E-state index contributed by atoms with van der Waals surface area (Å²) in [5.41, 5.74) is 1.49. The van der Waals surface area contributed by atoms with Crippen molar-refractivity contribution >= 4 is 11.4 Å². The molecule has 20 heavy (non-hydrogen) atoms. The van der Waals surface area contributed by atoms with E-state index in [1.54, 1.807) is 26.3 Å². The van der Waals surface area contributed by atoms with Gasteiger partial charge in [-0.2, -0.15) is 0 Å². The van der Waals surface area contributed by atoms with Crippen LogP contribution < -0.4 is 5.32 Å². The molecule has 0 saturated carbocycles. The summed E-state index contributed by atoms with van der Waals surface area (Å²) in [7, 11) is 3.28. The van der Waals surface area contributed by atoms with E-state index in [1.807, 2.05) is 4.90 Å². The van der Waals surface area contributed by atoms with Gasteiger partial charge < -0.3 is 15.2 Å². The van der Waals surface area contributed by atoms with Gasteiger partial charge in [0.25, 0.3) is 5.69 Å². The van der Waals surface area contributed by atoms with Gasteiger partial charge in [-0.3, -0.25) is 15.0 Å². The highest BCUT2D eigenvalue weighted by atomic mass is 16.6. The first-order chi connectivity index (χ1) is 9.62. The standard InChI is InChI=1S/C13H21N3O4/c1-14-12-9-11(3-4-13(12)16(18)19)10-15(5-7-17)6-8-20-2/h3-4,9,14,17H,5-8,10H2,1-2H3. The average molecular weight is 283 g/mol. The summed E-state index contributed by atoms with van der Waals surface area (Å²) in [6, 6.07) is 4.99. The van der Waals surface area contributed by atoms with Gasteiger partial charge in [0.15, 0.2) is 0 Å². The van der Waals surface area contributed by atoms with Crippen LogP contribution in [-0.2, 0) is 11.3 Å². The van der Waals surface area contributed by atoms with Crippen molar-refractivity contribution in [2.45, 2.75) is 6.54 Å². The Labute approximate surface area is 118 Å². The molecule has 7 heteroatoms. The highest BCUT2D eigenvalue weighted by molar-refractivity contribution is 5.62. The molecule has 0 atom stereocenters. The first-order valence-electron chi connectivity index (χ1n) is 6.39. The second kappa shape index (κ2) is 8.47. The number of aliphatic hydroxyl groups excluding tert-OH is 1. The number of nitrogens with one attached hydrogen (secondary N) is 1. The topological polar surface area (TPSA) is 87.9 Å². The van der Waals surface area contributed by atoms with Crippen molar-refractivity contribution < 1.29 is 14.8 Å². The van der Waals surface area contributed by atoms with Crippen LogP contribution in [0, 0.1) is 10.1 Å². The normalized spacial score (nSPS) is 10.8. The van der Waals surface area contributed by atoms with Crippen molar-refractivity contribution in [2.24, 2.45) is 0 Å². The maximum Gasteiger partial charge on any atom is 0.292 e. The molecule has 2 N–H and O–H groups in total. The van der Waals surface area contributed by atoms with Crippen LogP contribution in [0.15, 0.2) is 18.2 Å². The van der Waals surface area contributed by atoms with Gasteiger partial charge in [-0.05, 0) is 11.6 Å². The third kappa shape index (κ3) is 4.76. The fourth-order valence-corrected chi connectivity index (χ4v) is 1.93. The molecule has 0 aromatic heterocycles. The van der Waals surface area contributed by atoms with Crippen LogP contribution in [0.3, 0.4) is 0 Å². The van der Waals surface area contributed by atoms with E-state index >= 15 is 0 Å². The maximum atomic E-state index is 10.9. The summed E-state index contributed by atoms with van der Waals surface area (Å²) in [5, 5.41) is 22.7. The Morgan fingerprint density at radius 1 is 1.45 bits per heavy atom. The Hall–Kier alpha value is -1.70. The average Bonchev–Trinajstić information content (AvgIpc) is 2.44. The van der Waals surface area contributed by atoms with Crippen LogP contribution >= 0.6 is 0 Å². The van der Waals surface area contributed by atoms with E-state index in [9.17, 15) is 10.1 Å². The van der Waals surface area contributed by atoms with Crippen LogP contribution in [0.2, 0.25) is 0 Å². The number of nitro benzene ring substituents is 1. The molecule has 0 aliphatic rings. The maximum absolute atomic E-state index is 10.9. The molecule has 0 bridgehead atoms. The van der Waals surface area contributed by atoms with E-state index in [-0.39, 0.29) is 12.3 Å². The van der Waals surface area contributed by atoms with Gasteiger partial charge in [-0.25, -0.2) is 0 Å². The Morgan fingerprint density at radius 3 is 2.75 bits per heavy atom. The lowest BCUT2D eigenvalue weighted by Crippen LogP contribution is -2.29. The van der Waals surface area contributed by atoms with Crippen molar-refractivity contribution in [3.8, 4) is 0 Å². The third-order valence-electron chi connectivity index (χ3n) is 2.96. The van der Waals surface area contributed by atoms with E-state index in [0.717, 1.165) is 5.56 Å². The Balaban J connectivity index is 2.81. The minimum atomic E-state index is -0.411. The van der Waals surface area contributed by atoms with E-state index in [1.165, 1.54) is 6.07 Å². The quantitative estimate of drug-likeness (QED) is 0.521. The van der Waals surface area contributed by atoms with Crippen molar-refractivity contribution in [1.82, 2.24) is 4.90 Å². The Kier molecular flexibility index (Phi) is 6.92. The van der Waals surface area contributed by atoms with Gasteiger partial charge in [0.2, 0.25) is 0 Å². The van der Waals surface area contributed by atoms with E-state index < -0.39 is 4.92 Å². The molecule has 0 aliphatic carbocycles. The number of benzene rings is 1. The van der Waals surface area contributed by atoms with Gasteiger partial charge in [-0.1, -0.05) is 6.07 Å².